The highest BCUT2D eigenvalue weighted by Crippen LogP contribution is 2.18. The average molecular weight is 335 g/mol. The molecule has 1 amide bonds. The minimum Gasteiger partial charge on any atom is -0.368 e. The normalized spacial score (nSPS) is 14.7. The molecule has 3 aromatic rings. The predicted octanol–water partition coefficient (Wildman–Crippen LogP) is 1.28. The first kappa shape index (κ1) is 15.3. The third kappa shape index (κ3) is 2.84. The number of nitrogens with zero attached hydrogens (tertiary/aromatic N) is 4. The van der Waals surface area contributed by atoms with Crippen molar-refractivity contribution in [2.45, 2.75) is 0 Å². The number of carbonyl (C=O) groups is 1. The molecule has 0 bridgehead atoms. The highest BCUT2D eigenvalue weighted by Gasteiger charge is 2.25. The Morgan fingerprint density at radius 1 is 0.960 bits per heavy atom. The minimum atomic E-state index is -0.283. The molecular weight excluding hydrogens is 318 g/mol. The summed E-state index contributed by atoms with van der Waals surface area (Å²) in [5.41, 5.74) is 1.12. The van der Waals surface area contributed by atoms with Crippen LogP contribution in [0.5, 0.6) is 0 Å². The first-order valence-electron chi connectivity index (χ1n) is 8.16. The van der Waals surface area contributed by atoms with Crippen molar-refractivity contribution in [1.29, 1.82) is 0 Å². The number of rotatable bonds is 2. The van der Waals surface area contributed by atoms with E-state index in [1.54, 1.807) is 35.5 Å². The Labute approximate surface area is 143 Å². The largest absolute Gasteiger partial charge is 0.368 e. The van der Waals surface area contributed by atoms with Crippen LogP contribution in [0, 0.1) is 0 Å². The number of amides is 1. The Morgan fingerprint density at radius 2 is 1.64 bits per heavy atom. The number of H-pyrrole nitrogens is 1. The van der Waals surface area contributed by atoms with Gasteiger partial charge in [-0.05, 0) is 18.2 Å². The fourth-order valence-corrected chi connectivity index (χ4v) is 3.15. The Morgan fingerprint density at radius 3 is 2.36 bits per heavy atom. The van der Waals surface area contributed by atoms with Gasteiger partial charge in [0, 0.05) is 49.6 Å². The number of fused-ring (bicyclic) bond motifs is 1. The Kier molecular flexibility index (Phi) is 3.89. The van der Waals surface area contributed by atoms with E-state index >= 15 is 0 Å². The van der Waals surface area contributed by atoms with Gasteiger partial charge in [-0.1, -0.05) is 18.2 Å². The summed E-state index contributed by atoms with van der Waals surface area (Å²) in [5, 5.41) is 7.51. The van der Waals surface area contributed by atoms with Crippen LogP contribution in [0.4, 0.5) is 5.69 Å². The Bertz CT molecular complexity index is 962. The van der Waals surface area contributed by atoms with E-state index < -0.39 is 0 Å². The fraction of sp³-hybridized carbons (Fsp3) is 0.222. The first-order valence-corrected chi connectivity index (χ1v) is 8.16. The Hall–Kier alpha value is -3.22. The number of aromatic amines is 1. The number of pyridine rings is 1. The van der Waals surface area contributed by atoms with Gasteiger partial charge < -0.3 is 9.80 Å². The van der Waals surface area contributed by atoms with Gasteiger partial charge in [-0.3, -0.25) is 14.6 Å². The highest BCUT2D eigenvalue weighted by molar-refractivity contribution is 6.04. The van der Waals surface area contributed by atoms with Crippen LogP contribution in [0.15, 0.2) is 53.6 Å². The summed E-state index contributed by atoms with van der Waals surface area (Å²) in [6.45, 7) is 2.71. The summed E-state index contributed by atoms with van der Waals surface area (Å²) in [6, 6.07) is 11.0. The molecule has 1 saturated heterocycles. The molecule has 0 spiro atoms. The summed E-state index contributed by atoms with van der Waals surface area (Å²) in [6.07, 6.45) is 3.53. The molecule has 1 aliphatic rings. The second-order valence-electron chi connectivity index (χ2n) is 5.93. The number of hydrogen-bond acceptors (Lipinski definition) is 5. The van der Waals surface area contributed by atoms with Gasteiger partial charge in [-0.15, -0.1) is 0 Å². The summed E-state index contributed by atoms with van der Waals surface area (Å²) in [5.74, 6) is -0.151. The lowest BCUT2D eigenvalue weighted by Crippen LogP contribution is -2.49. The van der Waals surface area contributed by atoms with Gasteiger partial charge in [0.1, 0.15) is 0 Å². The molecule has 1 aliphatic heterocycles. The van der Waals surface area contributed by atoms with Gasteiger partial charge in [0.15, 0.2) is 5.69 Å². The van der Waals surface area contributed by atoms with E-state index in [4.69, 9.17) is 0 Å². The van der Waals surface area contributed by atoms with Crippen LogP contribution < -0.4 is 10.5 Å². The molecule has 1 N–H and O–H groups in total. The number of carbonyl (C=O) groups excluding carboxylic acids is 1. The lowest BCUT2D eigenvalue weighted by Gasteiger charge is -2.35. The molecule has 2 aromatic heterocycles. The number of aromatic nitrogens is 3. The summed E-state index contributed by atoms with van der Waals surface area (Å²) in [7, 11) is 0. The molecule has 0 radical (unpaired) electrons. The number of nitrogens with one attached hydrogen (secondary N) is 1. The number of benzene rings is 1. The smallest absolute Gasteiger partial charge is 0.275 e. The molecular formula is C18H17N5O2. The molecule has 1 fully saturated rings. The van der Waals surface area contributed by atoms with Crippen molar-refractivity contribution in [3.8, 4) is 0 Å². The van der Waals surface area contributed by atoms with Crippen LogP contribution >= 0.6 is 0 Å². The fourth-order valence-electron chi connectivity index (χ4n) is 3.15. The van der Waals surface area contributed by atoms with Crippen LogP contribution in [-0.4, -0.2) is 52.2 Å². The van der Waals surface area contributed by atoms with E-state index in [-0.39, 0.29) is 11.5 Å². The van der Waals surface area contributed by atoms with E-state index in [1.807, 2.05) is 18.2 Å². The molecule has 126 valence electrons. The van der Waals surface area contributed by atoms with Gasteiger partial charge in [-0.2, -0.15) is 5.10 Å². The number of piperazine rings is 1. The quantitative estimate of drug-likeness (QED) is 0.763. The van der Waals surface area contributed by atoms with Gasteiger partial charge in [0.2, 0.25) is 0 Å². The van der Waals surface area contributed by atoms with Crippen molar-refractivity contribution in [3.05, 3.63) is 64.8 Å². The molecule has 25 heavy (non-hydrogen) atoms. The molecule has 7 heteroatoms. The first-order chi connectivity index (χ1) is 12.2. The van der Waals surface area contributed by atoms with E-state index in [0.29, 0.717) is 29.6 Å². The van der Waals surface area contributed by atoms with E-state index in [1.165, 1.54) is 0 Å². The van der Waals surface area contributed by atoms with Gasteiger partial charge in [0.25, 0.3) is 11.5 Å². The molecule has 4 rings (SSSR count). The zero-order valence-corrected chi connectivity index (χ0v) is 13.6. The molecule has 0 aliphatic carbocycles. The van der Waals surface area contributed by atoms with Crippen molar-refractivity contribution < 1.29 is 4.79 Å². The lowest BCUT2D eigenvalue weighted by molar-refractivity contribution is 0.0742. The number of anilines is 1. The maximum absolute atomic E-state index is 12.9. The van der Waals surface area contributed by atoms with Crippen LogP contribution in [-0.2, 0) is 0 Å². The Balaban J connectivity index is 1.55. The summed E-state index contributed by atoms with van der Waals surface area (Å²) in [4.78, 5) is 32.8. The third-order valence-electron chi connectivity index (χ3n) is 4.49. The zero-order chi connectivity index (χ0) is 17.2. The van der Waals surface area contributed by atoms with E-state index in [2.05, 4.69) is 20.1 Å². The zero-order valence-electron chi connectivity index (χ0n) is 13.6. The second kappa shape index (κ2) is 6.35. The van der Waals surface area contributed by atoms with Crippen molar-refractivity contribution in [2.24, 2.45) is 0 Å². The average Bonchev–Trinajstić information content (AvgIpc) is 2.69. The van der Waals surface area contributed by atoms with Crippen LogP contribution in [0.3, 0.4) is 0 Å². The molecule has 3 heterocycles. The summed E-state index contributed by atoms with van der Waals surface area (Å²) >= 11 is 0. The van der Waals surface area contributed by atoms with Crippen molar-refractivity contribution >= 4 is 22.4 Å². The van der Waals surface area contributed by atoms with Crippen LogP contribution in [0.1, 0.15) is 10.5 Å². The molecule has 0 atom stereocenters. The van der Waals surface area contributed by atoms with Gasteiger partial charge in [-0.25, -0.2) is 5.10 Å². The third-order valence-corrected chi connectivity index (χ3v) is 4.49. The van der Waals surface area contributed by atoms with Crippen molar-refractivity contribution in [2.75, 3.05) is 31.1 Å². The summed E-state index contributed by atoms with van der Waals surface area (Å²) < 4.78 is 0. The van der Waals surface area contributed by atoms with Gasteiger partial charge >= 0.3 is 0 Å². The van der Waals surface area contributed by atoms with Crippen molar-refractivity contribution in [1.82, 2.24) is 20.1 Å². The van der Waals surface area contributed by atoms with Crippen LogP contribution in [0.2, 0.25) is 0 Å². The van der Waals surface area contributed by atoms with Crippen LogP contribution in [0.25, 0.3) is 10.8 Å². The standard InChI is InChI=1S/C18H17N5O2/c24-17-15-4-2-1-3-14(15)16(20-21-17)18(25)23-11-9-22(10-12-23)13-5-7-19-8-6-13/h1-8H,9-12H2,(H,21,24). The minimum absolute atomic E-state index is 0.151. The number of hydrogen-bond donors (Lipinski definition) is 1. The van der Waals surface area contributed by atoms with E-state index in [0.717, 1.165) is 18.8 Å². The monoisotopic (exact) mass is 335 g/mol. The lowest BCUT2D eigenvalue weighted by atomic mass is 10.1. The van der Waals surface area contributed by atoms with E-state index in [9.17, 15) is 9.59 Å². The predicted molar refractivity (Wildman–Crippen MR) is 94.7 cm³/mol. The molecule has 7 nitrogen and oxygen atoms in total. The molecule has 1 aromatic carbocycles. The van der Waals surface area contributed by atoms with Gasteiger partial charge in [0.05, 0.1) is 5.39 Å². The maximum Gasteiger partial charge on any atom is 0.275 e. The SMILES string of the molecule is O=C(c1n[nH]c(=O)c2ccccc12)N1CCN(c2ccncc2)CC1. The van der Waals surface area contributed by atoms with Crippen molar-refractivity contribution in [3.63, 3.8) is 0 Å². The highest BCUT2D eigenvalue weighted by atomic mass is 16.2. The maximum atomic E-state index is 12.9. The molecule has 0 unspecified atom stereocenters. The second-order valence-corrected chi connectivity index (χ2v) is 5.93. The topological polar surface area (TPSA) is 82.2 Å². The molecule has 0 saturated carbocycles.